The van der Waals surface area contributed by atoms with E-state index in [-0.39, 0.29) is 18.6 Å². The summed E-state index contributed by atoms with van der Waals surface area (Å²) in [5, 5.41) is 3.34. The van der Waals surface area contributed by atoms with Gasteiger partial charge in [-0.25, -0.2) is 0 Å². The highest BCUT2D eigenvalue weighted by Gasteiger charge is 2.42. The summed E-state index contributed by atoms with van der Waals surface area (Å²) in [5.74, 6) is -0.0427. The van der Waals surface area contributed by atoms with Crippen LogP contribution in [0.5, 0.6) is 0 Å². The molecule has 0 spiro atoms. The van der Waals surface area contributed by atoms with Crippen LogP contribution < -0.4 is 10.2 Å². The van der Waals surface area contributed by atoms with E-state index >= 15 is 0 Å². The molecule has 1 heterocycles. The number of anilines is 1. The van der Waals surface area contributed by atoms with Gasteiger partial charge in [0.05, 0.1) is 11.6 Å². The van der Waals surface area contributed by atoms with Gasteiger partial charge in [-0.2, -0.15) is 0 Å². The second kappa shape index (κ2) is 7.02. The summed E-state index contributed by atoms with van der Waals surface area (Å²) in [6.07, 6.45) is 0.842. The first-order valence-electron chi connectivity index (χ1n) is 7.24. The summed E-state index contributed by atoms with van der Waals surface area (Å²) < 4.78 is 10.8. The van der Waals surface area contributed by atoms with Crippen molar-refractivity contribution < 1.29 is 14.3 Å². The van der Waals surface area contributed by atoms with Crippen LogP contribution in [-0.2, 0) is 14.3 Å². The Kier molecular flexibility index (Phi) is 5.33. The molecule has 1 fully saturated rings. The molecule has 2 rings (SSSR count). The molecule has 1 N–H and O–H groups in total. The number of nitrogens with zero attached hydrogens (tertiary/aromatic N) is 1. The van der Waals surface area contributed by atoms with Gasteiger partial charge >= 0.3 is 0 Å². The minimum Gasteiger partial charge on any atom is -0.375 e. The molecule has 116 valence electrons. The number of carbonyl (C=O) groups is 1. The lowest BCUT2D eigenvalue weighted by Gasteiger charge is -2.46. The van der Waals surface area contributed by atoms with E-state index in [9.17, 15) is 4.79 Å². The van der Waals surface area contributed by atoms with Crippen molar-refractivity contribution in [3.05, 3.63) is 30.3 Å². The van der Waals surface area contributed by atoms with Crippen LogP contribution in [0.15, 0.2) is 30.3 Å². The number of piperidine rings is 1. The van der Waals surface area contributed by atoms with E-state index in [2.05, 4.69) is 5.32 Å². The molecular formula is C16H24N2O3. The molecule has 1 saturated heterocycles. The molecule has 0 bridgehead atoms. The standard InChI is InChI=1S/C16H24N2O3/c1-16(21-3)12-17-10-9-14(16)18(15(19)11-20-2)13-7-5-4-6-8-13/h4-8,14,17H,9-12H2,1-3H3/t14-,16+/m0/s1. The topological polar surface area (TPSA) is 50.8 Å². The molecular weight excluding hydrogens is 268 g/mol. The normalized spacial score (nSPS) is 25.6. The molecule has 0 aromatic heterocycles. The number of nitrogens with one attached hydrogen (secondary N) is 1. The fourth-order valence-electron chi connectivity index (χ4n) is 2.89. The zero-order valence-corrected chi connectivity index (χ0v) is 13.0. The molecule has 0 saturated carbocycles. The van der Waals surface area contributed by atoms with Crippen molar-refractivity contribution in [3.63, 3.8) is 0 Å². The lowest BCUT2D eigenvalue weighted by molar-refractivity contribution is -0.125. The van der Waals surface area contributed by atoms with Crippen LogP contribution in [0.4, 0.5) is 5.69 Å². The number of para-hydroxylation sites is 1. The predicted molar refractivity (Wildman–Crippen MR) is 82.5 cm³/mol. The number of hydrogen-bond donors (Lipinski definition) is 1. The van der Waals surface area contributed by atoms with Gasteiger partial charge in [-0.3, -0.25) is 4.79 Å². The maximum absolute atomic E-state index is 12.6. The second-order valence-corrected chi connectivity index (χ2v) is 5.53. The molecule has 2 atom stereocenters. The Labute approximate surface area is 126 Å². The van der Waals surface area contributed by atoms with E-state index in [1.807, 2.05) is 42.2 Å². The average Bonchev–Trinajstić information content (AvgIpc) is 2.51. The van der Waals surface area contributed by atoms with Gasteiger partial charge in [-0.1, -0.05) is 18.2 Å². The number of ether oxygens (including phenoxy) is 2. The van der Waals surface area contributed by atoms with Crippen LogP contribution in [0, 0.1) is 0 Å². The highest BCUT2D eigenvalue weighted by atomic mass is 16.5. The first-order valence-corrected chi connectivity index (χ1v) is 7.24. The van der Waals surface area contributed by atoms with Crippen LogP contribution in [0.1, 0.15) is 13.3 Å². The zero-order chi connectivity index (χ0) is 15.3. The van der Waals surface area contributed by atoms with Gasteiger partial charge in [0, 0.05) is 26.5 Å². The summed E-state index contributed by atoms with van der Waals surface area (Å²) in [4.78, 5) is 14.4. The lowest BCUT2D eigenvalue weighted by atomic mass is 9.88. The highest BCUT2D eigenvalue weighted by Crippen LogP contribution is 2.29. The lowest BCUT2D eigenvalue weighted by Crippen LogP contribution is -2.63. The molecule has 1 amide bonds. The summed E-state index contributed by atoms with van der Waals surface area (Å²) in [5.41, 5.74) is 0.465. The van der Waals surface area contributed by atoms with Gasteiger partial charge in [0.25, 0.3) is 5.91 Å². The minimum absolute atomic E-state index is 0.0196. The number of benzene rings is 1. The molecule has 1 aliphatic heterocycles. The third-order valence-corrected chi connectivity index (χ3v) is 4.12. The molecule has 0 radical (unpaired) electrons. The summed E-state index contributed by atoms with van der Waals surface area (Å²) >= 11 is 0. The molecule has 0 aliphatic carbocycles. The SMILES string of the molecule is COCC(=O)N(c1ccccc1)[C@H]1CCNC[C@@]1(C)OC. The first kappa shape index (κ1) is 15.9. The van der Waals surface area contributed by atoms with Crippen LogP contribution in [0.2, 0.25) is 0 Å². The van der Waals surface area contributed by atoms with Crippen molar-refractivity contribution in [2.24, 2.45) is 0 Å². The van der Waals surface area contributed by atoms with Gasteiger partial charge < -0.3 is 19.7 Å². The summed E-state index contributed by atoms with van der Waals surface area (Å²) in [6.45, 7) is 3.70. The Morgan fingerprint density at radius 1 is 1.38 bits per heavy atom. The molecule has 5 heteroatoms. The third kappa shape index (κ3) is 3.43. The molecule has 0 unspecified atom stereocenters. The molecule has 1 aliphatic rings. The Balaban J connectivity index is 2.36. The van der Waals surface area contributed by atoms with Gasteiger partial charge in [0.2, 0.25) is 0 Å². The number of amides is 1. The molecule has 1 aromatic rings. The zero-order valence-electron chi connectivity index (χ0n) is 13.0. The summed E-state index contributed by atoms with van der Waals surface area (Å²) in [7, 11) is 3.24. The highest BCUT2D eigenvalue weighted by molar-refractivity contribution is 5.95. The third-order valence-electron chi connectivity index (χ3n) is 4.12. The maximum Gasteiger partial charge on any atom is 0.253 e. The van der Waals surface area contributed by atoms with Gasteiger partial charge in [-0.15, -0.1) is 0 Å². The van der Waals surface area contributed by atoms with Crippen molar-refractivity contribution >= 4 is 11.6 Å². The molecule has 5 nitrogen and oxygen atoms in total. The smallest absolute Gasteiger partial charge is 0.253 e. The quantitative estimate of drug-likeness (QED) is 0.892. The van der Waals surface area contributed by atoms with Gasteiger partial charge in [0.15, 0.2) is 0 Å². The van der Waals surface area contributed by atoms with Crippen molar-refractivity contribution in [2.45, 2.75) is 25.0 Å². The van der Waals surface area contributed by atoms with E-state index < -0.39 is 5.60 Å². The van der Waals surface area contributed by atoms with Crippen LogP contribution in [-0.4, -0.2) is 51.5 Å². The predicted octanol–water partition coefficient (Wildman–Crippen LogP) is 1.43. The van der Waals surface area contributed by atoms with Gasteiger partial charge in [0.1, 0.15) is 6.61 Å². The van der Waals surface area contributed by atoms with E-state index in [1.54, 1.807) is 14.2 Å². The monoisotopic (exact) mass is 292 g/mol. The van der Waals surface area contributed by atoms with E-state index in [0.29, 0.717) is 0 Å². The number of methoxy groups -OCH3 is 2. The molecule has 21 heavy (non-hydrogen) atoms. The minimum atomic E-state index is -0.419. The van der Waals surface area contributed by atoms with Crippen LogP contribution in [0.3, 0.4) is 0 Å². The summed E-state index contributed by atoms with van der Waals surface area (Å²) in [6, 6.07) is 9.70. The van der Waals surface area contributed by atoms with Crippen LogP contribution in [0.25, 0.3) is 0 Å². The Hall–Kier alpha value is -1.43. The van der Waals surface area contributed by atoms with E-state index in [4.69, 9.17) is 9.47 Å². The van der Waals surface area contributed by atoms with E-state index in [1.165, 1.54) is 0 Å². The maximum atomic E-state index is 12.6. The number of rotatable bonds is 5. The van der Waals surface area contributed by atoms with Crippen LogP contribution >= 0.6 is 0 Å². The van der Waals surface area contributed by atoms with Crippen molar-refractivity contribution in [1.82, 2.24) is 5.32 Å². The largest absolute Gasteiger partial charge is 0.375 e. The number of hydrogen-bond acceptors (Lipinski definition) is 4. The van der Waals surface area contributed by atoms with Crippen molar-refractivity contribution in [1.29, 1.82) is 0 Å². The Morgan fingerprint density at radius 2 is 2.10 bits per heavy atom. The Morgan fingerprint density at radius 3 is 2.71 bits per heavy atom. The van der Waals surface area contributed by atoms with Crippen molar-refractivity contribution in [3.8, 4) is 0 Å². The fourth-order valence-corrected chi connectivity index (χ4v) is 2.89. The van der Waals surface area contributed by atoms with E-state index in [0.717, 1.165) is 25.2 Å². The Bertz CT molecular complexity index is 466. The fraction of sp³-hybridized carbons (Fsp3) is 0.562. The average molecular weight is 292 g/mol. The number of carbonyl (C=O) groups excluding carboxylic acids is 1. The second-order valence-electron chi connectivity index (χ2n) is 5.53. The molecule has 1 aromatic carbocycles. The van der Waals surface area contributed by atoms with Gasteiger partial charge in [-0.05, 0) is 32.0 Å². The van der Waals surface area contributed by atoms with Crippen molar-refractivity contribution in [2.75, 3.05) is 38.8 Å². The first-order chi connectivity index (χ1) is 10.1.